The topological polar surface area (TPSA) is 42.0 Å². The normalized spacial score (nSPS) is 14.3. The highest BCUT2D eigenvalue weighted by molar-refractivity contribution is 7.11. The van der Waals surface area contributed by atoms with E-state index in [0.29, 0.717) is 6.54 Å². The van der Waals surface area contributed by atoms with Gasteiger partial charge >= 0.3 is 0 Å². The number of nitrogens with one attached hydrogen (secondary N) is 1. The van der Waals surface area contributed by atoms with Gasteiger partial charge < -0.3 is 5.32 Å². The van der Waals surface area contributed by atoms with E-state index in [-0.39, 0.29) is 5.91 Å². The number of carbonyl (C=O) groups is 1. The van der Waals surface area contributed by atoms with Gasteiger partial charge in [0, 0.05) is 17.8 Å². The summed E-state index contributed by atoms with van der Waals surface area (Å²) in [6, 6.07) is 0. The number of fused-ring (bicyclic) bond motifs is 1. The van der Waals surface area contributed by atoms with Crippen LogP contribution >= 0.6 is 11.3 Å². The van der Waals surface area contributed by atoms with E-state index in [0.717, 1.165) is 17.8 Å². The van der Waals surface area contributed by atoms with Crippen LogP contribution in [0.3, 0.4) is 0 Å². The number of rotatable bonds is 4. The van der Waals surface area contributed by atoms with Crippen molar-refractivity contribution in [1.82, 2.24) is 10.3 Å². The minimum Gasteiger partial charge on any atom is -0.352 e. The predicted octanol–water partition coefficient (Wildman–Crippen LogP) is 1.87. The highest BCUT2D eigenvalue weighted by atomic mass is 32.1. The summed E-state index contributed by atoms with van der Waals surface area (Å²) in [4.78, 5) is 17.2. The Labute approximate surface area is 99.6 Å². The lowest BCUT2D eigenvalue weighted by Gasteiger charge is -1.99. The molecule has 0 fully saturated rings. The first-order valence-corrected chi connectivity index (χ1v) is 6.49. The third-order valence-electron chi connectivity index (χ3n) is 2.60. The fourth-order valence-corrected chi connectivity index (χ4v) is 3.01. The maximum atomic E-state index is 11.2. The van der Waals surface area contributed by atoms with Crippen LogP contribution in [0, 0.1) is 0 Å². The Kier molecular flexibility index (Phi) is 3.72. The molecule has 1 aromatic heterocycles. The molecule has 0 aromatic carbocycles. The van der Waals surface area contributed by atoms with Gasteiger partial charge in [0.2, 0.25) is 5.91 Å². The van der Waals surface area contributed by atoms with E-state index in [1.807, 2.05) is 6.92 Å². The second-order valence-corrected chi connectivity index (χ2v) is 5.04. The van der Waals surface area contributed by atoms with Crippen LogP contribution < -0.4 is 5.32 Å². The Morgan fingerprint density at radius 2 is 2.44 bits per heavy atom. The van der Waals surface area contributed by atoms with Gasteiger partial charge in [0.25, 0.3) is 0 Å². The Morgan fingerprint density at radius 3 is 3.19 bits per heavy atom. The molecule has 2 rings (SSSR count). The number of aryl methyl sites for hydroxylation is 2. The van der Waals surface area contributed by atoms with E-state index in [1.165, 1.54) is 23.4 Å². The minimum absolute atomic E-state index is 0.0217. The van der Waals surface area contributed by atoms with Crippen molar-refractivity contribution in [3.8, 4) is 0 Å². The molecule has 86 valence electrons. The molecule has 3 nitrogen and oxygen atoms in total. The van der Waals surface area contributed by atoms with Gasteiger partial charge in [0.15, 0.2) is 0 Å². The smallest absolute Gasteiger partial charge is 0.243 e. The average molecular weight is 236 g/mol. The minimum atomic E-state index is -0.0217. The van der Waals surface area contributed by atoms with E-state index in [4.69, 9.17) is 0 Å². The van der Waals surface area contributed by atoms with Gasteiger partial charge in [-0.3, -0.25) is 4.79 Å². The number of amides is 1. The Bertz CT molecular complexity index is 388. The molecule has 1 amide bonds. The summed E-state index contributed by atoms with van der Waals surface area (Å²) in [6.45, 7) is 2.51. The number of nitrogens with zero attached hydrogens (tertiary/aromatic N) is 1. The number of carbonyl (C=O) groups excluding carboxylic acids is 1. The summed E-state index contributed by atoms with van der Waals surface area (Å²) >= 11 is 1.81. The fraction of sp³-hybridized carbons (Fsp3) is 0.500. The molecule has 4 heteroatoms. The van der Waals surface area contributed by atoms with E-state index in [1.54, 1.807) is 23.5 Å². The Balaban J connectivity index is 1.79. The van der Waals surface area contributed by atoms with Gasteiger partial charge in [-0.25, -0.2) is 4.98 Å². The molecule has 1 heterocycles. The first-order chi connectivity index (χ1) is 7.79. The van der Waals surface area contributed by atoms with Crippen LogP contribution in [-0.2, 0) is 24.1 Å². The standard InChI is InChI=1S/C12H16N2OS/c1-2-4-11(15)13-8-7-12-14-9-5-3-6-10(9)16-12/h2,4H,3,5-8H2,1H3,(H,13,15)/b4-2+. The second kappa shape index (κ2) is 5.25. The van der Waals surface area contributed by atoms with Crippen LogP contribution in [-0.4, -0.2) is 17.4 Å². The molecule has 0 saturated heterocycles. The van der Waals surface area contributed by atoms with Crippen molar-refractivity contribution in [3.05, 3.63) is 27.7 Å². The van der Waals surface area contributed by atoms with Gasteiger partial charge in [-0.1, -0.05) is 6.08 Å². The van der Waals surface area contributed by atoms with Gasteiger partial charge in [-0.05, 0) is 32.3 Å². The third kappa shape index (κ3) is 2.70. The molecule has 0 atom stereocenters. The Hall–Kier alpha value is -1.16. The number of aromatic nitrogens is 1. The van der Waals surface area contributed by atoms with Crippen molar-refractivity contribution >= 4 is 17.2 Å². The van der Waals surface area contributed by atoms with Crippen molar-refractivity contribution in [1.29, 1.82) is 0 Å². The van der Waals surface area contributed by atoms with Crippen molar-refractivity contribution in [2.45, 2.75) is 32.6 Å². The fourth-order valence-electron chi connectivity index (χ4n) is 1.85. The first kappa shape index (κ1) is 11.3. The number of hydrogen-bond acceptors (Lipinski definition) is 3. The number of hydrogen-bond donors (Lipinski definition) is 1. The van der Waals surface area contributed by atoms with E-state index in [9.17, 15) is 4.79 Å². The Morgan fingerprint density at radius 1 is 1.56 bits per heavy atom. The molecular formula is C12H16N2OS. The second-order valence-electron chi connectivity index (χ2n) is 3.87. The van der Waals surface area contributed by atoms with Crippen LogP contribution in [0.1, 0.15) is 28.9 Å². The van der Waals surface area contributed by atoms with Crippen LogP contribution in [0.4, 0.5) is 0 Å². The van der Waals surface area contributed by atoms with Gasteiger partial charge in [0.05, 0.1) is 10.7 Å². The van der Waals surface area contributed by atoms with Crippen molar-refractivity contribution in [2.24, 2.45) is 0 Å². The highest BCUT2D eigenvalue weighted by Crippen LogP contribution is 2.27. The molecule has 0 spiro atoms. The molecule has 1 aliphatic rings. The van der Waals surface area contributed by atoms with E-state index >= 15 is 0 Å². The van der Waals surface area contributed by atoms with E-state index in [2.05, 4.69) is 10.3 Å². The number of allylic oxidation sites excluding steroid dienone is 1. The molecule has 1 aliphatic carbocycles. The molecule has 0 bridgehead atoms. The lowest BCUT2D eigenvalue weighted by Crippen LogP contribution is -2.23. The molecule has 16 heavy (non-hydrogen) atoms. The quantitative estimate of drug-likeness (QED) is 0.811. The lowest BCUT2D eigenvalue weighted by molar-refractivity contribution is -0.116. The van der Waals surface area contributed by atoms with Gasteiger partial charge in [0.1, 0.15) is 0 Å². The maximum absolute atomic E-state index is 11.2. The van der Waals surface area contributed by atoms with Crippen molar-refractivity contribution in [2.75, 3.05) is 6.54 Å². The van der Waals surface area contributed by atoms with Gasteiger partial charge in [-0.15, -0.1) is 11.3 Å². The zero-order valence-electron chi connectivity index (χ0n) is 9.45. The summed E-state index contributed by atoms with van der Waals surface area (Å²) in [5, 5.41) is 4.00. The van der Waals surface area contributed by atoms with Crippen LogP contribution in [0.25, 0.3) is 0 Å². The average Bonchev–Trinajstić information content (AvgIpc) is 2.78. The van der Waals surface area contributed by atoms with E-state index < -0.39 is 0 Å². The summed E-state index contributed by atoms with van der Waals surface area (Å²) in [7, 11) is 0. The van der Waals surface area contributed by atoms with Crippen LogP contribution in [0.15, 0.2) is 12.2 Å². The molecule has 0 radical (unpaired) electrons. The SMILES string of the molecule is C/C=C/C(=O)NCCc1nc2c(s1)CCC2. The molecule has 1 N–H and O–H groups in total. The summed E-state index contributed by atoms with van der Waals surface area (Å²) in [6.07, 6.45) is 7.72. The molecule has 1 aromatic rings. The summed E-state index contributed by atoms with van der Waals surface area (Å²) in [5.74, 6) is -0.0217. The monoisotopic (exact) mass is 236 g/mol. The largest absolute Gasteiger partial charge is 0.352 e. The zero-order valence-corrected chi connectivity index (χ0v) is 10.3. The third-order valence-corrected chi connectivity index (χ3v) is 3.81. The zero-order chi connectivity index (χ0) is 11.4. The molecular weight excluding hydrogens is 220 g/mol. The first-order valence-electron chi connectivity index (χ1n) is 5.67. The van der Waals surface area contributed by atoms with Crippen LogP contribution in [0.5, 0.6) is 0 Å². The van der Waals surface area contributed by atoms with Gasteiger partial charge in [-0.2, -0.15) is 0 Å². The lowest BCUT2D eigenvalue weighted by atomic mass is 10.3. The highest BCUT2D eigenvalue weighted by Gasteiger charge is 2.16. The summed E-state index contributed by atoms with van der Waals surface area (Å²) in [5.41, 5.74) is 1.29. The maximum Gasteiger partial charge on any atom is 0.243 e. The van der Waals surface area contributed by atoms with Crippen molar-refractivity contribution < 1.29 is 4.79 Å². The predicted molar refractivity (Wildman–Crippen MR) is 65.7 cm³/mol. The van der Waals surface area contributed by atoms with Crippen LogP contribution in [0.2, 0.25) is 0 Å². The summed E-state index contributed by atoms with van der Waals surface area (Å²) < 4.78 is 0. The molecule has 0 unspecified atom stereocenters. The molecule has 0 aliphatic heterocycles. The molecule has 0 saturated carbocycles. The van der Waals surface area contributed by atoms with Crippen molar-refractivity contribution in [3.63, 3.8) is 0 Å². The number of thiazole rings is 1.